The zero-order valence-electron chi connectivity index (χ0n) is 8.71. The SMILES string of the molecule is CCCOCC(=O)C1CCCC1C. The van der Waals surface area contributed by atoms with E-state index >= 15 is 0 Å². The molecule has 0 saturated heterocycles. The van der Waals surface area contributed by atoms with E-state index in [4.69, 9.17) is 4.74 Å². The highest BCUT2D eigenvalue weighted by atomic mass is 16.5. The van der Waals surface area contributed by atoms with Crippen molar-refractivity contribution in [1.29, 1.82) is 0 Å². The van der Waals surface area contributed by atoms with Crippen molar-refractivity contribution in [3.8, 4) is 0 Å². The lowest BCUT2D eigenvalue weighted by molar-refractivity contribution is -0.128. The number of ether oxygens (including phenoxy) is 1. The van der Waals surface area contributed by atoms with E-state index in [0.717, 1.165) is 12.8 Å². The van der Waals surface area contributed by atoms with Gasteiger partial charge in [0.2, 0.25) is 0 Å². The fraction of sp³-hybridized carbons (Fsp3) is 0.909. The molecule has 76 valence electrons. The normalized spacial score (nSPS) is 27.8. The minimum Gasteiger partial charge on any atom is -0.374 e. The maximum atomic E-state index is 11.6. The van der Waals surface area contributed by atoms with Gasteiger partial charge < -0.3 is 4.74 Å². The number of ketones is 1. The van der Waals surface area contributed by atoms with Crippen molar-refractivity contribution >= 4 is 5.78 Å². The third-order valence-corrected chi connectivity index (χ3v) is 2.87. The lowest BCUT2D eigenvalue weighted by Crippen LogP contribution is -2.22. The van der Waals surface area contributed by atoms with Gasteiger partial charge in [-0.2, -0.15) is 0 Å². The highest BCUT2D eigenvalue weighted by Crippen LogP contribution is 2.31. The summed E-state index contributed by atoms with van der Waals surface area (Å²) in [6.45, 7) is 5.29. The van der Waals surface area contributed by atoms with Crippen molar-refractivity contribution in [3.63, 3.8) is 0 Å². The van der Waals surface area contributed by atoms with E-state index in [9.17, 15) is 4.79 Å². The molecule has 0 bridgehead atoms. The van der Waals surface area contributed by atoms with Crippen molar-refractivity contribution in [2.45, 2.75) is 39.5 Å². The molecule has 1 fully saturated rings. The Hall–Kier alpha value is -0.370. The van der Waals surface area contributed by atoms with Crippen LogP contribution in [-0.2, 0) is 9.53 Å². The number of hydrogen-bond acceptors (Lipinski definition) is 2. The van der Waals surface area contributed by atoms with E-state index in [1.54, 1.807) is 0 Å². The average Bonchev–Trinajstić information content (AvgIpc) is 2.52. The van der Waals surface area contributed by atoms with Gasteiger partial charge in [-0.25, -0.2) is 0 Å². The Morgan fingerprint density at radius 3 is 2.77 bits per heavy atom. The van der Waals surface area contributed by atoms with Crippen molar-refractivity contribution < 1.29 is 9.53 Å². The number of carbonyl (C=O) groups excluding carboxylic acids is 1. The fourth-order valence-corrected chi connectivity index (χ4v) is 2.05. The van der Waals surface area contributed by atoms with Crippen molar-refractivity contribution in [3.05, 3.63) is 0 Å². The van der Waals surface area contributed by atoms with Crippen LogP contribution in [0.25, 0.3) is 0 Å². The van der Waals surface area contributed by atoms with Gasteiger partial charge in [-0.05, 0) is 25.2 Å². The monoisotopic (exact) mass is 184 g/mol. The van der Waals surface area contributed by atoms with Crippen LogP contribution in [0, 0.1) is 11.8 Å². The summed E-state index contributed by atoms with van der Waals surface area (Å²) in [7, 11) is 0. The van der Waals surface area contributed by atoms with Gasteiger partial charge in [-0.1, -0.05) is 20.3 Å². The molecule has 0 aromatic rings. The molecule has 0 radical (unpaired) electrons. The molecule has 0 N–H and O–H groups in total. The Kier molecular flexibility index (Phi) is 4.43. The van der Waals surface area contributed by atoms with Crippen molar-refractivity contribution in [2.24, 2.45) is 11.8 Å². The zero-order chi connectivity index (χ0) is 9.68. The lowest BCUT2D eigenvalue weighted by atomic mass is 9.94. The minimum atomic E-state index is 0.289. The van der Waals surface area contributed by atoms with Crippen molar-refractivity contribution in [2.75, 3.05) is 13.2 Å². The molecule has 13 heavy (non-hydrogen) atoms. The molecule has 1 aliphatic rings. The zero-order valence-corrected chi connectivity index (χ0v) is 8.71. The number of hydrogen-bond donors (Lipinski definition) is 0. The molecular weight excluding hydrogens is 164 g/mol. The van der Waals surface area contributed by atoms with Crippen molar-refractivity contribution in [1.82, 2.24) is 0 Å². The highest BCUT2D eigenvalue weighted by molar-refractivity contribution is 5.82. The Bertz CT molecular complexity index is 165. The third kappa shape index (κ3) is 3.11. The van der Waals surface area contributed by atoms with Crippen LogP contribution >= 0.6 is 0 Å². The molecule has 0 aromatic heterocycles. The fourth-order valence-electron chi connectivity index (χ4n) is 2.05. The number of rotatable bonds is 5. The van der Waals surface area contributed by atoms with Gasteiger partial charge in [0.25, 0.3) is 0 Å². The first-order valence-corrected chi connectivity index (χ1v) is 5.36. The van der Waals surface area contributed by atoms with Crippen LogP contribution in [0.1, 0.15) is 39.5 Å². The summed E-state index contributed by atoms with van der Waals surface area (Å²) in [5, 5.41) is 0. The summed E-state index contributed by atoms with van der Waals surface area (Å²) < 4.78 is 5.26. The summed E-state index contributed by atoms with van der Waals surface area (Å²) in [5.41, 5.74) is 0. The summed E-state index contributed by atoms with van der Waals surface area (Å²) in [6, 6.07) is 0. The van der Waals surface area contributed by atoms with E-state index in [1.807, 2.05) is 0 Å². The molecule has 2 unspecified atom stereocenters. The highest BCUT2D eigenvalue weighted by Gasteiger charge is 2.29. The first kappa shape index (κ1) is 10.7. The molecule has 0 aromatic carbocycles. The summed E-state index contributed by atoms with van der Waals surface area (Å²) in [4.78, 5) is 11.6. The molecule has 2 nitrogen and oxygen atoms in total. The van der Waals surface area contributed by atoms with Crippen LogP contribution in [0.15, 0.2) is 0 Å². The Morgan fingerprint density at radius 1 is 1.46 bits per heavy atom. The number of carbonyl (C=O) groups is 1. The Balaban J connectivity index is 2.22. The molecule has 0 amide bonds. The van der Waals surface area contributed by atoms with E-state index in [2.05, 4.69) is 13.8 Å². The molecular formula is C11H20O2. The molecule has 1 saturated carbocycles. The molecule has 2 heteroatoms. The second kappa shape index (κ2) is 5.38. The van der Waals surface area contributed by atoms with Crippen LogP contribution in [0.5, 0.6) is 0 Å². The van der Waals surface area contributed by atoms with E-state index in [-0.39, 0.29) is 5.92 Å². The van der Waals surface area contributed by atoms with Gasteiger partial charge in [-0.3, -0.25) is 4.79 Å². The van der Waals surface area contributed by atoms with Crippen LogP contribution < -0.4 is 0 Å². The van der Waals surface area contributed by atoms with Crippen LogP contribution in [0.3, 0.4) is 0 Å². The Morgan fingerprint density at radius 2 is 2.23 bits per heavy atom. The third-order valence-electron chi connectivity index (χ3n) is 2.87. The van der Waals surface area contributed by atoms with Crippen LogP contribution in [0.2, 0.25) is 0 Å². The second-order valence-electron chi connectivity index (χ2n) is 4.03. The van der Waals surface area contributed by atoms with E-state index in [1.165, 1.54) is 12.8 Å². The molecule has 2 atom stereocenters. The van der Waals surface area contributed by atoms with Gasteiger partial charge in [0.15, 0.2) is 5.78 Å². The van der Waals surface area contributed by atoms with Gasteiger partial charge in [0.1, 0.15) is 6.61 Å². The second-order valence-corrected chi connectivity index (χ2v) is 4.03. The maximum absolute atomic E-state index is 11.6. The quantitative estimate of drug-likeness (QED) is 0.613. The lowest BCUT2D eigenvalue weighted by Gasteiger charge is -2.13. The number of Topliss-reactive ketones (excluding diaryl/α,β-unsaturated/α-hetero) is 1. The Labute approximate surface area is 80.7 Å². The van der Waals surface area contributed by atoms with E-state index < -0.39 is 0 Å². The molecule has 1 aliphatic carbocycles. The van der Waals surface area contributed by atoms with Gasteiger partial charge >= 0.3 is 0 Å². The molecule has 1 rings (SSSR count). The van der Waals surface area contributed by atoms with Crippen LogP contribution in [-0.4, -0.2) is 19.0 Å². The average molecular weight is 184 g/mol. The van der Waals surface area contributed by atoms with Crippen LogP contribution in [0.4, 0.5) is 0 Å². The molecule has 0 aliphatic heterocycles. The van der Waals surface area contributed by atoms with E-state index in [0.29, 0.717) is 24.9 Å². The smallest absolute Gasteiger partial charge is 0.161 e. The van der Waals surface area contributed by atoms with Gasteiger partial charge in [0, 0.05) is 12.5 Å². The topological polar surface area (TPSA) is 26.3 Å². The predicted octanol–water partition coefficient (Wildman–Crippen LogP) is 2.42. The largest absolute Gasteiger partial charge is 0.374 e. The maximum Gasteiger partial charge on any atom is 0.161 e. The van der Waals surface area contributed by atoms with Gasteiger partial charge in [-0.15, -0.1) is 0 Å². The first-order chi connectivity index (χ1) is 6.25. The first-order valence-electron chi connectivity index (χ1n) is 5.36. The minimum absolute atomic E-state index is 0.289. The predicted molar refractivity (Wildman–Crippen MR) is 52.6 cm³/mol. The summed E-state index contributed by atoms with van der Waals surface area (Å²) >= 11 is 0. The van der Waals surface area contributed by atoms with Gasteiger partial charge in [0.05, 0.1) is 0 Å². The molecule has 0 heterocycles. The standard InChI is InChI=1S/C11H20O2/c1-3-7-13-8-11(12)10-6-4-5-9(10)2/h9-10H,3-8H2,1-2H3. The summed E-state index contributed by atoms with van der Waals surface area (Å²) in [6.07, 6.45) is 4.50. The molecule has 0 spiro atoms. The summed E-state index contributed by atoms with van der Waals surface area (Å²) in [5.74, 6) is 1.19.